The maximum atomic E-state index is 11.2. The Morgan fingerprint density at radius 3 is 2.41 bits per heavy atom. The van der Waals surface area contributed by atoms with E-state index in [0.29, 0.717) is 6.54 Å². The maximum Gasteiger partial charge on any atom is 0.309 e. The highest BCUT2D eigenvalue weighted by molar-refractivity contribution is 7.98. The zero-order valence-electron chi connectivity index (χ0n) is 9.95. The summed E-state index contributed by atoms with van der Waals surface area (Å²) in [4.78, 5) is 22.6. The first kappa shape index (κ1) is 16.2. The topological polar surface area (TPSA) is 84.2 Å². The number of carbonyl (C=O) groups excluding carboxylic acids is 2. The summed E-state index contributed by atoms with van der Waals surface area (Å²) in [5.74, 6) is -0.199. The molecule has 4 N–H and O–H groups in total. The molecule has 5 nitrogen and oxygen atoms in total. The molecule has 0 rings (SSSR count). The molecule has 0 unspecified atom stereocenters. The molecule has 0 fully saturated rings. The third kappa shape index (κ3) is 10.1. The van der Waals surface area contributed by atoms with Gasteiger partial charge in [0.15, 0.2) is 0 Å². The van der Waals surface area contributed by atoms with Gasteiger partial charge in [-0.2, -0.15) is 11.8 Å². The zero-order chi connectivity index (χ0) is 13.1. The summed E-state index contributed by atoms with van der Waals surface area (Å²) < 4.78 is 0. The van der Waals surface area contributed by atoms with Gasteiger partial charge in [0.2, 0.25) is 0 Å². The van der Waals surface area contributed by atoms with Crippen molar-refractivity contribution in [3.63, 3.8) is 0 Å². The quantitative estimate of drug-likeness (QED) is 0.331. The Hall–Kier alpha value is -0.820. The smallest absolute Gasteiger partial charge is 0.309 e. The lowest BCUT2D eigenvalue weighted by atomic mass is 10.2. The van der Waals surface area contributed by atoms with E-state index in [1.165, 1.54) is 0 Å². The number of hydrogen-bond donors (Lipinski definition) is 3. The van der Waals surface area contributed by atoms with E-state index in [9.17, 15) is 9.59 Å². The number of thioether (sulfide) groups is 1. The van der Waals surface area contributed by atoms with Gasteiger partial charge >= 0.3 is 11.8 Å². The lowest BCUT2D eigenvalue weighted by molar-refractivity contribution is -0.139. The summed E-state index contributed by atoms with van der Waals surface area (Å²) in [6.07, 6.45) is 5.13. The van der Waals surface area contributed by atoms with Gasteiger partial charge in [0.05, 0.1) is 11.5 Å². The molecule has 7 heteroatoms. The SMILES string of the molecule is CSCCCCCNC(=O)C(=O)NCC(N)=S. The molecule has 0 heterocycles. The van der Waals surface area contributed by atoms with Crippen LogP contribution in [0.5, 0.6) is 0 Å². The summed E-state index contributed by atoms with van der Waals surface area (Å²) in [6.45, 7) is 0.572. The fourth-order valence-electron chi connectivity index (χ4n) is 1.08. The van der Waals surface area contributed by atoms with Crippen LogP contribution in [0.4, 0.5) is 0 Å². The highest BCUT2D eigenvalue weighted by Crippen LogP contribution is 2.00. The van der Waals surface area contributed by atoms with Crippen LogP contribution in [0, 0.1) is 0 Å². The molecule has 98 valence electrons. The van der Waals surface area contributed by atoms with Gasteiger partial charge in [-0.1, -0.05) is 18.6 Å². The van der Waals surface area contributed by atoms with Gasteiger partial charge in [0.25, 0.3) is 0 Å². The van der Waals surface area contributed by atoms with Crippen molar-refractivity contribution in [1.82, 2.24) is 10.6 Å². The molecule has 0 saturated heterocycles. The largest absolute Gasteiger partial charge is 0.392 e. The van der Waals surface area contributed by atoms with Crippen LogP contribution in [0.25, 0.3) is 0 Å². The van der Waals surface area contributed by atoms with E-state index in [1.807, 2.05) is 0 Å². The fourth-order valence-corrected chi connectivity index (χ4v) is 1.64. The molecule has 0 aliphatic heterocycles. The molecule has 0 aromatic rings. The molecule has 0 aliphatic rings. The molecule has 0 aromatic carbocycles. The molecule has 0 atom stereocenters. The number of rotatable bonds is 8. The van der Waals surface area contributed by atoms with Crippen LogP contribution in [0.15, 0.2) is 0 Å². The molecule has 0 aromatic heterocycles. The van der Waals surface area contributed by atoms with Gasteiger partial charge in [-0.05, 0) is 24.9 Å². The number of thiocarbonyl (C=S) groups is 1. The number of carbonyl (C=O) groups is 2. The van der Waals surface area contributed by atoms with Crippen molar-refractivity contribution in [2.75, 3.05) is 25.1 Å². The van der Waals surface area contributed by atoms with Gasteiger partial charge in [-0.25, -0.2) is 0 Å². The molecule has 0 radical (unpaired) electrons. The van der Waals surface area contributed by atoms with E-state index < -0.39 is 11.8 Å². The lowest BCUT2D eigenvalue weighted by Crippen LogP contribution is -2.43. The summed E-state index contributed by atoms with van der Waals surface area (Å²) in [5, 5.41) is 4.86. The zero-order valence-corrected chi connectivity index (χ0v) is 11.6. The van der Waals surface area contributed by atoms with E-state index in [2.05, 4.69) is 29.1 Å². The Kier molecular flexibility index (Phi) is 9.84. The third-order valence-electron chi connectivity index (χ3n) is 1.94. The Morgan fingerprint density at radius 1 is 1.18 bits per heavy atom. The van der Waals surface area contributed by atoms with Gasteiger partial charge in [0.1, 0.15) is 0 Å². The van der Waals surface area contributed by atoms with E-state index >= 15 is 0 Å². The number of nitrogens with one attached hydrogen (secondary N) is 2. The van der Waals surface area contributed by atoms with Crippen molar-refractivity contribution >= 4 is 40.8 Å². The molecular weight excluding hydrogens is 258 g/mol. The molecule has 0 aliphatic carbocycles. The molecule has 0 bridgehead atoms. The van der Waals surface area contributed by atoms with E-state index in [1.54, 1.807) is 11.8 Å². The van der Waals surface area contributed by atoms with Crippen LogP contribution in [0.1, 0.15) is 19.3 Å². The normalized spacial score (nSPS) is 9.71. The predicted molar refractivity (Wildman–Crippen MR) is 75.0 cm³/mol. The summed E-state index contributed by atoms with van der Waals surface area (Å²) in [7, 11) is 0. The van der Waals surface area contributed by atoms with Crippen molar-refractivity contribution in [2.45, 2.75) is 19.3 Å². The number of nitrogens with two attached hydrogens (primary N) is 1. The van der Waals surface area contributed by atoms with Crippen molar-refractivity contribution in [3.8, 4) is 0 Å². The van der Waals surface area contributed by atoms with Crippen LogP contribution in [0.3, 0.4) is 0 Å². The fraction of sp³-hybridized carbons (Fsp3) is 0.700. The van der Waals surface area contributed by atoms with Crippen molar-refractivity contribution in [3.05, 3.63) is 0 Å². The minimum Gasteiger partial charge on any atom is -0.392 e. The van der Waals surface area contributed by atoms with Crippen LogP contribution in [-0.2, 0) is 9.59 Å². The second-order valence-corrected chi connectivity index (χ2v) is 4.97. The molecule has 0 saturated carbocycles. The summed E-state index contributed by atoms with van der Waals surface area (Å²) in [6, 6.07) is 0. The summed E-state index contributed by atoms with van der Waals surface area (Å²) >= 11 is 6.38. The number of hydrogen-bond acceptors (Lipinski definition) is 4. The first-order valence-electron chi connectivity index (χ1n) is 5.41. The van der Waals surface area contributed by atoms with E-state index in [4.69, 9.17) is 5.73 Å². The van der Waals surface area contributed by atoms with Crippen LogP contribution >= 0.6 is 24.0 Å². The van der Waals surface area contributed by atoms with Gasteiger partial charge < -0.3 is 16.4 Å². The highest BCUT2D eigenvalue weighted by Gasteiger charge is 2.11. The lowest BCUT2D eigenvalue weighted by Gasteiger charge is -2.05. The second-order valence-electron chi connectivity index (χ2n) is 3.46. The average molecular weight is 277 g/mol. The van der Waals surface area contributed by atoms with Crippen LogP contribution in [0.2, 0.25) is 0 Å². The van der Waals surface area contributed by atoms with Gasteiger partial charge in [0, 0.05) is 6.54 Å². The second kappa shape index (κ2) is 10.3. The number of amides is 2. The van der Waals surface area contributed by atoms with E-state index in [0.717, 1.165) is 25.0 Å². The van der Waals surface area contributed by atoms with Gasteiger partial charge in [-0.15, -0.1) is 0 Å². The predicted octanol–water partition coefficient (Wildman–Crippen LogP) is 0.0382. The molecule has 17 heavy (non-hydrogen) atoms. The van der Waals surface area contributed by atoms with Crippen LogP contribution in [-0.4, -0.2) is 41.9 Å². The minimum absolute atomic E-state index is 0.0509. The Bertz CT molecular complexity index is 272. The first-order valence-corrected chi connectivity index (χ1v) is 7.21. The van der Waals surface area contributed by atoms with E-state index in [-0.39, 0.29) is 11.5 Å². The standard InChI is InChI=1S/C10H19N3O2S2/c1-17-6-4-2-3-5-12-9(14)10(15)13-7-8(11)16/h2-7H2,1H3,(H2,11,16)(H,12,14)(H,13,15). The van der Waals surface area contributed by atoms with Crippen molar-refractivity contribution in [2.24, 2.45) is 5.73 Å². The van der Waals surface area contributed by atoms with Crippen molar-refractivity contribution in [1.29, 1.82) is 0 Å². The molecule has 2 amide bonds. The summed E-state index contributed by atoms with van der Waals surface area (Å²) in [5.41, 5.74) is 5.19. The Morgan fingerprint density at radius 2 is 1.82 bits per heavy atom. The van der Waals surface area contributed by atoms with Crippen LogP contribution < -0.4 is 16.4 Å². The minimum atomic E-state index is -0.693. The van der Waals surface area contributed by atoms with Crippen molar-refractivity contribution < 1.29 is 9.59 Å². The third-order valence-corrected chi connectivity index (χ3v) is 2.78. The Labute approximate surface area is 111 Å². The first-order chi connectivity index (χ1) is 8.07. The maximum absolute atomic E-state index is 11.2. The number of unbranched alkanes of at least 4 members (excludes halogenated alkanes) is 2. The van der Waals surface area contributed by atoms with Gasteiger partial charge in [-0.3, -0.25) is 9.59 Å². The highest BCUT2D eigenvalue weighted by atomic mass is 32.2. The molecular formula is C10H19N3O2S2. The average Bonchev–Trinajstić information content (AvgIpc) is 2.30. The molecule has 0 spiro atoms. The monoisotopic (exact) mass is 277 g/mol. The Balaban J connectivity index is 3.51.